The first-order chi connectivity index (χ1) is 13.2. The minimum absolute atomic E-state index is 0. The van der Waals surface area contributed by atoms with Crippen molar-refractivity contribution in [1.82, 2.24) is 14.9 Å². The molecule has 0 bridgehead atoms. The second kappa shape index (κ2) is 11.5. The van der Waals surface area contributed by atoms with Gasteiger partial charge in [-0.15, -0.1) is 24.0 Å². The van der Waals surface area contributed by atoms with Gasteiger partial charge < -0.3 is 10.6 Å². The Morgan fingerprint density at radius 2 is 1.76 bits per heavy atom. The fourth-order valence-electron chi connectivity index (χ4n) is 3.51. The highest BCUT2D eigenvalue weighted by molar-refractivity contribution is 14.0. The summed E-state index contributed by atoms with van der Waals surface area (Å²) in [7, 11) is -1.28. The van der Waals surface area contributed by atoms with Gasteiger partial charge in [-0.25, -0.2) is 12.7 Å². The standard InChI is InChI=1S/C21H36N4O2S.HI/c1-6-17-7-9-19(10-8-17)21(2,3)16-24-20(22-4)23-15-18-11-13-25(14-12-18)28(5,26)27;/h7-10,18H,6,11-16H2,1-5H3,(H2,22,23,24);1H. The van der Waals surface area contributed by atoms with Crippen molar-refractivity contribution in [3.8, 4) is 0 Å². The predicted molar refractivity (Wildman–Crippen MR) is 133 cm³/mol. The fraction of sp³-hybridized carbons (Fsp3) is 0.667. The third-order valence-corrected chi connectivity index (χ3v) is 6.97. The third kappa shape index (κ3) is 8.05. The number of aryl methyl sites for hydroxylation is 1. The average Bonchev–Trinajstić information content (AvgIpc) is 2.68. The molecule has 0 saturated carbocycles. The number of hydrogen-bond acceptors (Lipinski definition) is 3. The van der Waals surface area contributed by atoms with Crippen LogP contribution in [0.5, 0.6) is 0 Å². The van der Waals surface area contributed by atoms with Gasteiger partial charge in [0, 0.05) is 38.6 Å². The molecule has 1 heterocycles. The van der Waals surface area contributed by atoms with Crippen molar-refractivity contribution < 1.29 is 8.42 Å². The highest BCUT2D eigenvalue weighted by Crippen LogP contribution is 2.23. The van der Waals surface area contributed by atoms with Gasteiger partial charge in [0.2, 0.25) is 10.0 Å². The van der Waals surface area contributed by atoms with E-state index in [2.05, 4.69) is 60.7 Å². The topological polar surface area (TPSA) is 73.8 Å². The molecular formula is C21H37IN4O2S. The van der Waals surface area contributed by atoms with Crippen molar-refractivity contribution in [1.29, 1.82) is 0 Å². The lowest BCUT2D eigenvalue weighted by molar-refractivity contribution is 0.274. The number of hydrogen-bond donors (Lipinski definition) is 2. The molecule has 0 atom stereocenters. The molecule has 2 rings (SSSR count). The van der Waals surface area contributed by atoms with Crippen LogP contribution >= 0.6 is 24.0 Å². The van der Waals surface area contributed by atoms with Gasteiger partial charge in [0.15, 0.2) is 5.96 Å². The molecule has 2 N–H and O–H groups in total. The summed E-state index contributed by atoms with van der Waals surface area (Å²) in [5, 5.41) is 6.85. The van der Waals surface area contributed by atoms with Crippen molar-refractivity contribution in [2.24, 2.45) is 10.9 Å². The average molecular weight is 537 g/mol. The van der Waals surface area contributed by atoms with Crippen molar-refractivity contribution in [2.45, 2.75) is 45.4 Å². The number of halogens is 1. The molecule has 1 aliphatic heterocycles. The number of nitrogens with one attached hydrogen (secondary N) is 2. The summed E-state index contributed by atoms with van der Waals surface area (Å²) in [5.74, 6) is 1.26. The highest BCUT2D eigenvalue weighted by atomic mass is 127. The Balaban J connectivity index is 0.00000420. The first-order valence-corrected chi connectivity index (χ1v) is 12.0. The summed E-state index contributed by atoms with van der Waals surface area (Å²) in [6.07, 6.45) is 4.10. The van der Waals surface area contributed by atoms with E-state index in [-0.39, 0.29) is 29.4 Å². The Morgan fingerprint density at radius 3 is 2.24 bits per heavy atom. The number of guanidine groups is 1. The van der Waals surface area contributed by atoms with Crippen LogP contribution < -0.4 is 10.6 Å². The molecule has 0 unspecified atom stereocenters. The maximum atomic E-state index is 11.6. The van der Waals surface area contributed by atoms with Gasteiger partial charge in [-0.05, 0) is 36.3 Å². The van der Waals surface area contributed by atoms with Gasteiger partial charge in [0.25, 0.3) is 0 Å². The van der Waals surface area contributed by atoms with Gasteiger partial charge >= 0.3 is 0 Å². The molecule has 6 nitrogen and oxygen atoms in total. The zero-order chi connectivity index (χ0) is 20.8. The van der Waals surface area contributed by atoms with Crippen molar-refractivity contribution in [3.63, 3.8) is 0 Å². The summed E-state index contributed by atoms with van der Waals surface area (Å²) < 4.78 is 24.8. The van der Waals surface area contributed by atoms with Crippen LogP contribution in [0.3, 0.4) is 0 Å². The lowest BCUT2D eigenvalue weighted by atomic mass is 9.84. The fourth-order valence-corrected chi connectivity index (χ4v) is 4.38. The minimum atomic E-state index is -3.06. The Labute approximate surface area is 194 Å². The van der Waals surface area contributed by atoms with Gasteiger partial charge in [0.1, 0.15) is 0 Å². The second-order valence-electron chi connectivity index (χ2n) is 8.35. The van der Waals surface area contributed by atoms with E-state index in [0.717, 1.165) is 38.3 Å². The monoisotopic (exact) mass is 536 g/mol. The number of sulfonamides is 1. The van der Waals surface area contributed by atoms with E-state index in [9.17, 15) is 8.42 Å². The van der Waals surface area contributed by atoms with E-state index >= 15 is 0 Å². The Kier molecular flexibility index (Phi) is 10.4. The van der Waals surface area contributed by atoms with Gasteiger partial charge in [-0.2, -0.15) is 0 Å². The molecule has 166 valence electrons. The van der Waals surface area contributed by atoms with Crippen LogP contribution in [0.2, 0.25) is 0 Å². The first kappa shape index (κ1) is 26.2. The van der Waals surface area contributed by atoms with E-state index in [1.54, 1.807) is 11.4 Å². The van der Waals surface area contributed by atoms with Crippen LogP contribution in [0.25, 0.3) is 0 Å². The number of nitrogens with zero attached hydrogens (tertiary/aromatic N) is 2. The highest BCUT2D eigenvalue weighted by Gasteiger charge is 2.25. The van der Waals surface area contributed by atoms with Crippen LogP contribution in [-0.4, -0.2) is 58.2 Å². The normalized spacial score (nSPS) is 16.9. The van der Waals surface area contributed by atoms with E-state index in [4.69, 9.17) is 0 Å². The number of aliphatic imine (C=N–C) groups is 1. The summed E-state index contributed by atoms with van der Waals surface area (Å²) in [6, 6.07) is 8.83. The molecule has 1 aliphatic rings. The molecule has 8 heteroatoms. The smallest absolute Gasteiger partial charge is 0.211 e. The second-order valence-corrected chi connectivity index (χ2v) is 10.3. The number of piperidine rings is 1. The van der Waals surface area contributed by atoms with E-state index in [1.807, 2.05) is 0 Å². The van der Waals surface area contributed by atoms with Gasteiger partial charge in [0.05, 0.1) is 6.26 Å². The predicted octanol–water partition coefficient (Wildman–Crippen LogP) is 2.98. The molecule has 0 aromatic heterocycles. The summed E-state index contributed by atoms with van der Waals surface area (Å²) in [4.78, 5) is 4.34. The Hall–Kier alpha value is -0.870. The molecule has 1 fully saturated rings. The van der Waals surface area contributed by atoms with Crippen LogP contribution in [0, 0.1) is 5.92 Å². The third-order valence-electron chi connectivity index (χ3n) is 5.67. The van der Waals surface area contributed by atoms with Crippen LogP contribution in [0.4, 0.5) is 0 Å². The van der Waals surface area contributed by atoms with E-state index in [1.165, 1.54) is 17.4 Å². The van der Waals surface area contributed by atoms with Crippen LogP contribution in [-0.2, 0) is 21.9 Å². The lowest BCUT2D eigenvalue weighted by Gasteiger charge is -2.31. The molecule has 29 heavy (non-hydrogen) atoms. The zero-order valence-electron chi connectivity index (χ0n) is 18.4. The molecule has 0 radical (unpaired) electrons. The number of benzene rings is 1. The molecule has 0 spiro atoms. The minimum Gasteiger partial charge on any atom is -0.356 e. The maximum Gasteiger partial charge on any atom is 0.211 e. The molecule has 1 saturated heterocycles. The Bertz CT molecular complexity index is 755. The maximum absolute atomic E-state index is 11.6. The van der Waals surface area contributed by atoms with Crippen LogP contribution in [0.1, 0.15) is 44.7 Å². The molecule has 1 aromatic carbocycles. The summed E-state index contributed by atoms with van der Waals surface area (Å²) >= 11 is 0. The molecule has 0 aliphatic carbocycles. The van der Waals surface area contributed by atoms with Gasteiger partial charge in [-0.3, -0.25) is 4.99 Å². The zero-order valence-corrected chi connectivity index (χ0v) is 21.5. The lowest BCUT2D eigenvalue weighted by Crippen LogP contribution is -2.46. The number of rotatable bonds is 7. The van der Waals surface area contributed by atoms with E-state index < -0.39 is 10.0 Å². The summed E-state index contributed by atoms with van der Waals surface area (Å²) in [6.45, 7) is 9.44. The molecule has 0 amide bonds. The van der Waals surface area contributed by atoms with Crippen LogP contribution in [0.15, 0.2) is 29.3 Å². The molecular weight excluding hydrogens is 499 g/mol. The van der Waals surface area contributed by atoms with Crippen molar-refractivity contribution >= 4 is 40.0 Å². The van der Waals surface area contributed by atoms with E-state index in [0.29, 0.717) is 19.0 Å². The van der Waals surface area contributed by atoms with Crippen molar-refractivity contribution in [3.05, 3.63) is 35.4 Å². The Morgan fingerprint density at radius 1 is 1.17 bits per heavy atom. The van der Waals surface area contributed by atoms with Gasteiger partial charge in [-0.1, -0.05) is 45.0 Å². The first-order valence-electron chi connectivity index (χ1n) is 10.1. The SMILES string of the molecule is CCc1ccc(C(C)(C)CNC(=NC)NCC2CCN(S(C)(=O)=O)CC2)cc1.I. The van der Waals surface area contributed by atoms with Crippen molar-refractivity contribution in [2.75, 3.05) is 39.5 Å². The quantitative estimate of drug-likeness (QED) is 0.319. The largest absolute Gasteiger partial charge is 0.356 e. The molecule has 1 aromatic rings. The summed E-state index contributed by atoms with van der Waals surface area (Å²) in [5.41, 5.74) is 2.65.